The predicted molar refractivity (Wildman–Crippen MR) is 74.1 cm³/mol. The normalized spacial score (nSPS) is 10.7. The van der Waals surface area contributed by atoms with E-state index >= 15 is 0 Å². The second kappa shape index (κ2) is 4.69. The van der Waals surface area contributed by atoms with Crippen LogP contribution in [0.3, 0.4) is 0 Å². The van der Waals surface area contributed by atoms with Gasteiger partial charge in [-0.2, -0.15) is 9.78 Å². The second-order valence-electron chi connectivity index (χ2n) is 4.42. The first-order chi connectivity index (χ1) is 9.63. The van der Waals surface area contributed by atoms with Gasteiger partial charge in [-0.25, -0.2) is 9.97 Å². The molecule has 0 saturated heterocycles. The van der Waals surface area contributed by atoms with Gasteiger partial charge in [0.2, 0.25) is 0 Å². The topological polar surface area (TPSA) is 95.4 Å². The van der Waals surface area contributed by atoms with Crippen molar-refractivity contribution in [2.45, 2.75) is 13.8 Å². The number of benzene rings is 1. The van der Waals surface area contributed by atoms with Crippen molar-refractivity contribution in [3.05, 3.63) is 42.0 Å². The molecule has 0 fully saturated rings. The first kappa shape index (κ1) is 12.2. The van der Waals surface area contributed by atoms with Crippen LogP contribution in [0.1, 0.15) is 11.4 Å². The van der Waals surface area contributed by atoms with Crippen molar-refractivity contribution in [1.82, 2.24) is 29.9 Å². The predicted octanol–water partition coefficient (Wildman–Crippen LogP) is 1.32. The average molecular weight is 267 g/mol. The highest BCUT2D eigenvalue weighted by atomic mass is 15.4. The lowest BCUT2D eigenvalue weighted by Crippen LogP contribution is -2.06. The van der Waals surface area contributed by atoms with E-state index in [1.807, 2.05) is 38.1 Å². The van der Waals surface area contributed by atoms with Crippen molar-refractivity contribution < 1.29 is 0 Å². The molecular formula is C13H13N7. The number of hydrogen-bond donors (Lipinski definition) is 1. The Morgan fingerprint density at radius 1 is 1.00 bits per heavy atom. The number of nitrogens with zero attached hydrogens (tertiary/aromatic N) is 6. The lowest BCUT2D eigenvalue weighted by Gasteiger charge is -2.00. The first-order valence-corrected chi connectivity index (χ1v) is 6.09. The van der Waals surface area contributed by atoms with Crippen LogP contribution < -0.4 is 5.73 Å². The van der Waals surface area contributed by atoms with Crippen LogP contribution in [0.15, 0.2) is 30.6 Å². The highest BCUT2D eigenvalue weighted by molar-refractivity contribution is 5.58. The van der Waals surface area contributed by atoms with Gasteiger partial charge in [0, 0.05) is 11.3 Å². The number of rotatable bonds is 2. The van der Waals surface area contributed by atoms with Crippen LogP contribution in [0.2, 0.25) is 0 Å². The zero-order valence-electron chi connectivity index (χ0n) is 11.1. The highest BCUT2D eigenvalue weighted by Gasteiger charge is 2.08. The number of nitrogens with two attached hydrogens (primary N) is 1. The minimum atomic E-state index is 0.405. The van der Waals surface area contributed by atoms with Crippen molar-refractivity contribution in [3.8, 4) is 17.3 Å². The van der Waals surface area contributed by atoms with Crippen LogP contribution in [0.4, 0.5) is 5.69 Å². The van der Waals surface area contributed by atoms with E-state index < -0.39 is 0 Å². The Bertz CT molecular complexity index is 746. The van der Waals surface area contributed by atoms with Crippen molar-refractivity contribution in [2.75, 3.05) is 5.73 Å². The molecule has 0 spiro atoms. The van der Waals surface area contributed by atoms with Crippen LogP contribution in [0.25, 0.3) is 17.3 Å². The molecule has 20 heavy (non-hydrogen) atoms. The van der Waals surface area contributed by atoms with E-state index in [2.05, 4.69) is 25.3 Å². The summed E-state index contributed by atoms with van der Waals surface area (Å²) in [6, 6.07) is 7.36. The maximum Gasteiger partial charge on any atom is 0.271 e. The van der Waals surface area contributed by atoms with E-state index in [9.17, 15) is 0 Å². The van der Waals surface area contributed by atoms with Crippen molar-refractivity contribution in [3.63, 3.8) is 0 Å². The lowest BCUT2D eigenvalue weighted by molar-refractivity contribution is 0.752. The Morgan fingerprint density at radius 2 is 1.75 bits per heavy atom. The molecule has 2 heterocycles. The van der Waals surface area contributed by atoms with Crippen LogP contribution in [0, 0.1) is 13.8 Å². The second-order valence-corrected chi connectivity index (χ2v) is 4.42. The summed E-state index contributed by atoms with van der Waals surface area (Å²) in [6.45, 7) is 3.74. The van der Waals surface area contributed by atoms with E-state index in [0.29, 0.717) is 17.5 Å². The minimum Gasteiger partial charge on any atom is -0.399 e. The van der Waals surface area contributed by atoms with Gasteiger partial charge in [0.05, 0.1) is 11.4 Å². The molecule has 0 unspecified atom stereocenters. The van der Waals surface area contributed by atoms with E-state index in [0.717, 1.165) is 17.0 Å². The molecule has 100 valence electrons. The van der Waals surface area contributed by atoms with Gasteiger partial charge in [-0.05, 0) is 38.1 Å². The van der Waals surface area contributed by atoms with E-state index in [1.165, 1.54) is 4.68 Å². The summed E-state index contributed by atoms with van der Waals surface area (Å²) < 4.78 is 1.51. The van der Waals surface area contributed by atoms with Crippen LogP contribution in [-0.4, -0.2) is 29.9 Å². The molecule has 0 aliphatic heterocycles. The quantitative estimate of drug-likeness (QED) is 0.703. The molecule has 0 aliphatic carbocycles. The summed E-state index contributed by atoms with van der Waals surface area (Å²) in [4.78, 5) is 8.58. The number of aromatic nitrogens is 6. The molecule has 1 aromatic carbocycles. The van der Waals surface area contributed by atoms with E-state index in [-0.39, 0.29) is 0 Å². The summed E-state index contributed by atoms with van der Waals surface area (Å²) in [5.41, 5.74) is 8.86. The lowest BCUT2D eigenvalue weighted by atomic mass is 10.2. The standard InChI is InChI=1S/C13H13N7/c1-8-9(2)17-18-13(16-8)20-7-15-12(19-20)10-3-5-11(14)6-4-10/h3-7H,14H2,1-2H3. The third-order valence-electron chi connectivity index (χ3n) is 2.95. The monoisotopic (exact) mass is 267 g/mol. The first-order valence-electron chi connectivity index (χ1n) is 6.09. The Morgan fingerprint density at radius 3 is 2.45 bits per heavy atom. The molecule has 3 aromatic rings. The maximum absolute atomic E-state index is 5.66. The summed E-state index contributed by atoms with van der Waals surface area (Å²) in [6.07, 6.45) is 1.57. The summed E-state index contributed by atoms with van der Waals surface area (Å²) in [5.74, 6) is 0.995. The molecule has 0 saturated carbocycles. The molecule has 0 bridgehead atoms. The summed E-state index contributed by atoms with van der Waals surface area (Å²) in [5, 5.41) is 12.4. The Labute approximate surface area is 115 Å². The molecule has 0 radical (unpaired) electrons. The maximum atomic E-state index is 5.66. The summed E-state index contributed by atoms with van der Waals surface area (Å²) in [7, 11) is 0. The third-order valence-corrected chi connectivity index (χ3v) is 2.95. The van der Waals surface area contributed by atoms with Crippen LogP contribution >= 0.6 is 0 Å². The number of anilines is 1. The Kier molecular flexibility index (Phi) is 2.86. The highest BCUT2D eigenvalue weighted by Crippen LogP contribution is 2.16. The van der Waals surface area contributed by atoms with Gasteiger partial charge in [-0.3, -0.25) is 0 Å². The number of nitrogen functional groups attached to an aromatic ring is 1. The van der Waals surface area contributed by atoms with E-state index in [4.69, 9.17) is 5.73 Å². The third kappa shape index (κ3) is 2.20. The molecule has 3 rings (SSSR count). The van der Waals surface area contributed by atoms with Gasteiger partial charge in [-0.1, -0.05) is 0 Å². The van der Waals surface area contributed by atoms with Gasteiger partial charge < -0.3 is 5.73 Å². The Balaban J connectivity index is 1.97. The fraction of sp³-hybridized carbons (Fsp3) is 0.154. The van der Waals surface area contributed by atoms with Crippen LogP contribution in [-0.2, 0) is 0 Å². The average Bonchev–Trinajstić information content (AvgIpc) is 2.92. The number of aryl methyl sites for hydroxylation is 2. The van der Waals surface area contributed by atoms with Gasteiger partial charge in [0.1, 0.15) is 6.33 Å². The van der Waals surface area contributed by atoms with Gasteiger partial charge >= 0.3 is 0 Å². The minimum absolute atomic E-state index is 0.405. The fourth-order valence-corrected chi connectivity index (χ4v) is 1.67. The van der Waals surface area contributed by atoms with Crippen molar-refractivity contribution in [2.24, 2.45) is 0 Å². The zero-order chi connectivity index (χ0) is 14.1. The Hall–Kier alpha value is -2.83. The molecule has 0 amide bonds. The SMILES string of the molecule is Cc1nnc(-n2cnc(-c3ccc(N)cc3)n2)nc1C. The zero-order valence-corrected chi connectivity index (χ0v) is 11.1. The molecule has 0 atom stereocenters. The smallest absolute Gasteiger partial charge is 0.271 e. The molecule has 2 N–H and O–H groups in total. The number of hydrogen-bond acceptors (Lipinski definition) is 6. The van der Waals surface area contributed by atoms with Crippen LogP contribution in [0.5, 0.6) is 0 Å². The van der Waals surface area contributed by atoms with Gasteiger partial charge in [0.25, 0.3) is 5.95 Å². The fourth-order valence-electron chi connectivity index (χ4n) is 1.67. The summed E-state index contributed by atoms with van der Waals surface area (Å²) >= 11 is 0. The van der Waals surface area contributed by atoms with Gasteiger partial charge in [0.15, 0.2) is 5.82 Å². The van der Waals surface area contributed by atoms with Crippen molar-refractivity contribution >= 4 is 5.69 Å². The molecule has 2 aromatic heterocycles. The molecule has 7 nitrogen and oxygen atoms in total. The molecular weight excluding hydrogens is 254 g/mol. The molecule has 0 aliphatic rings. The van der Waals surface area contributed by atoms with Gasteiger partial charge in [-0.15, -0.1) is 10.2 Å². The van der Waals surface area contributed by atoms with E-state index in [1.54, 1.807) is 6.33 Å². The molecule has 7 heteroatoms. The van der Waals surface area contributed by atoms with Crippen molar-refractivity contribution in [1.29, 1.82) is 0 Å². The largest absolute Gasteiger partial charge is 0.399 e.